The number of hydrogen-bond donors (Lipinski definition) is 1. The van der Waals surface area contributed by atoms with Crippen LogP contribution in [-0.4, -0.2) is 40.6 Å². The summed E-state index contributed by atoms with van der Waals surface area (Å²) < 4.78 is 24.8. The lowest BCUT2D eigenvalue weighted by Crippen LogP contribution is -2.34. The molecule has 8 heteroatoms. The Bertz CT molecular complexity index is 642. The molecule has 6 nitrogen and oxygen atoms in total. The van der Waals surface area contributed by atoms with Crippen LogP contribution in [0, 0.1) is 6.92 Å². The van der Waals surface area contributed by atoms with Gasteiger partial charge in [-0.25, -0.2) is 17.9 Å². The van der Waals surface area contributed by atoms with E-state index in [-0.39, 0.29) is 11.8 Å². The summed E-state index contributed by atoms with van der Waals surface area (Å²) in [5.41, 5.74) is 0.931. The average Bonchev–Trinajstić information content (AvgIpc) is 2.72. The van der Waals surface area contributed by atoms with Gasteiger partial charge in [-0.3, -0.25) is 0 Å². The van der Waals surface area contributed by atoms with E-state index in [1.54, 1.807) is 4.52 Å². The first-order valence-corrected chi connectivity index (χ1v) is 8.45. The van der Waals surface area contributed by atoms with Crippen molar-refractivity contribution in [3.63, 3.8) is 0 Å². The van der Waals surface area contributed by atoms with E-state index < -0.39 is 9.84 Å². The van der Waals surface area contributed by atoms with Crippen molar-refractivity contribution >= 4 is 31.3 Å². The molecule has 18 heavy (non-hydrogen) atoms. The summed E-state index contributed by atoms with van der Waals surface area (Å²) in [6.07, 6.45) is 3.45. The number of imidazole rings is 1. The van der Waals surface area contributed by atoms with Crippen LogP contribution in [0.4, 0.5) is 5.13 Å². The van der Waals surface area contributed by atoms with Crippen molar-refractivity contribution in [3.8, 4) is 0 Å². The minimum absolute atomic E-state index is 0.0271. The highest BCUT2D eigenvalue weighted by Gasteiger charge is 2.25. The molecule has 1 fully saturated rings. The minimum Gasteiger partial charge on any atom is -0.356 e. The van der Waals surface area contributed by atoms with Crippen LogP contribution in [0.25, 0.3) is 4.96 Å². The molecule has 1 aliphatic heterocycles. The van der Waals surface area contributed by atoms with Gasteiger partial charge in [0.2, 0.25) is 10.1 Å². The van der Waals surface area contributed by atoms with Crippen molar-refractivity contribution in [2.45, 2.75) is 25.8 Å². The van der Waals surface area contributed by atoms with Gasteiger partial charge in [0.25, 0.3) is 0 Å². The number of aromatic nitrogens is 3. The predicted octanol–water partition coefficient (Wildman–Crippen LogP) is 1.09. The fourth-order valence-corrected chi connectivity index (χ4v) is 4.72. The largest absolute Gasteiger partial charge is 0.356 e. The Morgan fingerprint density at radius 1 is 1.56 bits per heavy atom. The highest BCUT2D eigenvalue weighted by molar-refractivity contribution is 7.91. The van der Waals surface area contributed by atoms with Gasteiger partial charge in [-0.1, -0.05) is 11.3 Å². The lowest BCUT2D eigenvalue weighted by molar-refractivity contribution is 0.561. The molecule has 0 aromatic carbocycles. The topological polar surface area (TPSA) is 76.4 Å². The molecule has 0 saturated carbocycles. The third-order valence-corrected chi connectivity index (χ3v) is 5.63. The molecule has 1 unspecified atom stereocenters. The van der Waals surface area contributed by atoms with Crippen LogP contribution in [-0.2, 0) is 9.84 Å². The zero-order valence-corrected chi connectivity index (χ0v) is 11.6. The number of nitrogens with one attached hydrogen (secondary N) is 1. The fourth-order valence-electron chi connectivity index (χ4n) is 2.18. The average molecular weight is 286 g/mol. The SMILES string of the molecule is Cc1cn2nc(NC3CCCS(=O)(=O)C3)sc2n1. The summed E-state index contributed by atoms with van der Waals surface area (Å²) in [4.78, 5) is 5.14. The van der Waals surface area contributed by atoms with Gasteiger partial charge in [-0.2, -0.15) is 0 Å². The first kappa shape index (κ1) is 11.9. The second kappa shape index (κ2) is 4.20. The Hall–Kier alpha value is -1.15. The van der Waals surface area contributed by atoms with Gasteiger partial charge in [0.1, 0.15) is 0 Å². The first-order valence-electron chi connectivity index (χ1n) is 5.82. The van der Waals surface area contributed by atoms with Gasteiger partial charge in [0, 0.05) is 6.04 Å². The normalized spacial score (nSPS) is 23.3. The molecule has 1 saturated heterocycles. The van der Waals surface area contributed by atoms with Crippen LogP contribution in [0.5, 0.6) is 0 Å². The molecule has 1 atom stereocenters. The summed E-state index contributed by atoms with van der Waals surface area (Å²) in [6.45, 7) is 1.92. The predicted molar refractivity (Wildman–Crippen MR) is 70.9 cm³/mol. The summed E-state index contributed by atoms with van der Waals surface area (Å²) in [7, 11) is -2.88. The van der Waals surface area contributed by atoms with Crippen molar-refractivity contribution in [2.75, 3.05) is 16.8 Å². The maximum absolute atomic E-state index is 11.5. The molecule has 0 radical (unpaired) electrons. The van der Waals surface area contributed by atoms with Crippen LogP contribution >= 0.6 is 11.3 Å². The number of anilines is 1. The van der Waals surface area contributed by atoms with Crippen molar-refractivity contribution in [1.82, 2.24) is 14.6 Å². The molecule has 98 valence electrons. The third kappa shape index (κ3) is 2.35. The summed E-state index contributed by atoms with van der Waals surface area (Å²) in [5.74, 6) is 0.513. The second-order valence-electron chi connectivity index (χ2n) is 4.61. The zero-order valence-electron chi connectivity index (χ0n) is 9.96. The Kier molecular flexibility index (Phi) is 2.78. The number of nitrogens with zero attached hydrogens (tertiary/aromatic N) is 3. The molecule has 0 amide bonds. The van der Waals surface area contributed by atoms with Crippen molar-refractivity contribution in [2.24, 2.45) is 0 Å². The molecule has 1 N–H and O–H groups in total. The maximum Gasteiger partial charge on any atom is 0.214 e. The highest BCUT2D eigenvalue weighted by atomic mass is 32.2. The van der Waals surface area contributed by atoms with E-state index in [0.29, 0.717) is 5.75 Å². The standard InChI is InChI=1S/C10H14N4O2S2/c1-7-5-14-10(11-7)17-9(13-14)12-8-3-2-4-18(15,16)6-8/h5,8H,2-4,6H2,1H3,(H,12,13). The fraction of sp³-hybridized carbons (Fsp3) is 0.600. The van der Waals surface area contributed by atoms with Crippen LogP contribution < -0.4 is 5.32 Å². The summed E-state index contributed by atoms with van der Waals surface area (Å²) in [5, 5.41) is 8.28. The number of sulfone groups is 1. The Balaban J connectivity index is 1.77. The molecular weight excluding hydrogens is 272 g/mol. The van der Waals surface area contributed by atoms with E-state index in [0.717, 1.165) is 28.6 Å². The van der Waals surface area contributed by atoms with Gasteiger partial charge in [-0.15, -0.1) is 5.10 Å². The lowest BCUT2D eigenvalue weighted by Gasteiger charge is -2.22. The molecule has 1 aliphatic rings. The lowest BCUT2D eigenvalue weighted by atomic mass is 10.2. The number of aryl methyl sites for hydroxylation is 1. The van der Waals surface area contributed by atoms with Crippen molar-refractivity contribution in [1.29, 1.82) is 0 Å². The number of hydrogen-bond acceptors (Lipinski definition) is 6. The number of fused-ring (bicyclic) bond motifs is 1. The van der Waals surface area contributed by atoms with E-state index in [1.807, 2.05) is 13.1 Å². The first-order chi connectivity index (χ1) is 8.52. The van der Waals surface area contributed by atoms with E-state index in [1.165, 1.54) is 11.3 Å². The Morgan fingerprint density at radius 3 is 3.11 bits per heavy atom. The molecule has 3 heterocycles. The molecule has 2 aromatic rings. The Labute approximate surface area is 109 Å². The van der Waals surface area contributed by atoms with Crippen LogP contribution in [0.2, 0.25) is 0 Å². The smallest absolute Gasteiger partial charge is 0.214 e. The third-order valence-electron chi connectivity index (χ3n) is 2.95. The monoisotopic (exact) mass is 286 g/mol. The van der Waals surface area contributed by atoms with Gasteiger partial charge in [0.15, 0.2) is 9.84 Å². The molecule has 0 bridgehead atoms. The van der Waals surface area contributed by atoms with E-state index in [2.05, 4.69) is 15.4 Å². The molecular formula is C10H14N4O2S2. The van der Waals surface area contributed by atoms with Crippen LogP contribution in [0.15, 0.2) is 6.20 Å². The Morgan fingerprint density at radius 2 is 2.39 bits per heavy atom. The molecule has 0 aliphatic carbocycles. The number of rotatable bonds is 2. The molecule has 0 spiro atoms. The zero-order chi connectivity index (χ0) is 12.8. The van der Waals surface area contributed by atoms with Crippen molar-refractivity contribution in [3.05, 3.63) is 11.9 Å². The summed E-state index contributed by atoms with van der Waals surface area (Å²) in [6, 6.07) is -0.0271. The van der Waals surface area contributed by atoms with Gasteiger partial charge in [-0.05, 0) is 19.8 Å². The highest BCUT2D eigenvalue weighted by Crippen LogP contribution is 2.22. The quantitative estimate of drug-likeness (QED) is 0.894. The van der Waals surface area contributed by atoms with Gasteiger partial charge in [0.05, 0.1) is 23.4 Å². The van der Waals surface area contributed by atoms with Crippen molar-refractivity contribution < 1.29 is 8.42 Å². The van der Waals surface area contributed by atoms with Gasteiger partial charge >= 0.3 is 0 Å². The molecule has 3 rings (SSSR count). The van der Waals surface area contributed by atoms with E-state index in [9.17, 15) is 8.42 Å². The van der Waals surface area contributed by atoms with Crippen LogP contribution in [0.3, 0.4) is 0 Å². The van der Waals surface area contributed by atoms with E-state index >= 15 is 0 Å². The minimum atomic E-state index is -2.88. The second-order valence-corrected chi connectivity index (χ2v) is 7.80. The van der Waals surface area contributed by atoms with Crippen LogP contribution in [0.1, 0.15) is 18.5 Å². The molecule has 2 aromatic heterocycles. The maximum atomic E-state index is 11.5. The van der Waals surface area contributed by atoms with Gasteiger partial charge < -0.3 is 5.32 Å². The summed E-state index contributed by atoms with van der Waals surface area (Å²) >= 11 is 1.45. The van der Waals surface area contributed by atoms with E-state index in [4.69, 9.17) is 0 Å².